The highest BCUT2D eigenvalue weighted by Gasteiger charge is 2.16. The third-order valence-electron chi connectivity index (χ3n) is 3.43. The van der Waals surface area contributed by atoms with Crippen LogP contribution in [0.4, 0.5) is 5.69 Å². The van der Waals surface area contributed by atoms with E-state index in [9.17, 15) is 0 Å². The average molecular weight is 292 g/mol. The zero-order valence-electron chi connectivity index (χ0n) is 12.4. The van der Waals surface area contributed by atoms with Gasteiger partial charge in [0.15, 0.2) is 0 Å². The van der Waals surface area contributed by atoms with E-state index >= 15 is 0 Å². The van der Waals surface area contributed by atoms with E-state index in [-0.39, 0.29) is 6.04 Å². The smallest absolute Gasteiger partial charge is 0.0853 e. The van der Waals surface area contributed by atoms with Crippen LogP contribution in [0.2, 0.25) is 5.02 Å². The fourth-order valence-corrected chi connectivity index (χ4v) is 2.72. The highest BCUT2D eigenvalue weighted by molar-refractivity contribution is 6.31. The second-order valence-corrected chi connectivity index (χ2v) is 5.43. The molecule has 1 N–H and O–H groups in total. The van der Waals surface area contributed by atoms with Gasteiger partial charge in [-0.25, -0.2) is 0 Å². The van der Waals surface area contributed by atoms with Crippen LogP contribution < -0.4 is 5.32 Å². The van der Waals surface area contributed by atoms with Gasteiger partial charge >= 0.3 is 0 Å². The molecule has 0 saturated heterocycles. The van der Waals surface area contributed by atoms with Gasteiger partial charge in [0.1, 0.15) is 0 Å². The fourth-order valence-electron chi connectivity index (χ4n) is 2.46. The highest BCUT2D eigenvalue weighted by Crippen LogP contribution is 2.30. The molecule has 1 aromatic carbocycles. The molecule has 1 atom stereocenters. The van der Waals surface area contributed by atoms with Crippen LogP contribution in [-0.2, 0) is 13.5 Å². The Hall–Kier alpha value is -1.48. The molecule has 0 bridgehead atoms. The number of halogens is 1. The number of benzene rings is 1. The molecule has 1 heterocycles. The predicted molar refractivity (Wildman–Crippen MR) is 85.3 cm³/mol. The number of aryl methyl sites for hydroxylation is 2. The van der Waals surface area contributed by atoms with Crippen LogP contribution in [0.1, 0.15) is 44.0 Å². The van der Waals surface area contributed by atoms with E-state index in [1.54, 1.807) is 0 Å². The minimum Gasteiger partial charge on any atom is -0.375 e. The molecule has 3 nitrogen and oxygen atoms in total. The van der Waals surface area contributed by atoms with Crippen LogP contribution >= 0.6 is 11.6 Å². The first kappa shape index (κ1) is 14.9. The van der Waals surface area contributed by atoms with Crippen LogP contribution in [0.25, 0.3) is 0 Å². The van der Waals surface area contributed by atoms with Crippen molar-refractivity contribution in [1.82, 2.24) is 9.78 Å². The Morgan fingerprint density at radius 3 is 2.70 bits per heavy atom. The molecule has 4 heteroatoms. The van der Waals surface area contributed by atoms with Crippen molar-refractivity contribution in [2.45, 2.75) is 39.2 Å². The van der Waals surface area contributed by atoms with Crippen molar-refractivity contribution in [3.8, 4) is 0 Å². The number of rotatable bonds is 6. The Morgan fingerprint density at radius 2 is 2.05 bits per heavy atom. The maximum Gasteiger partial charge on any atom is 0.0853 e. The lowest BCUT2D eigenvalue weighted by Crippen LogP contribution is -2.11. The quantitative estimate of drug-likeness (QED) is 0.843. The topological polar surface area (TPSA) is 29.9 Å². The van der Waals surface area contributed by atoms with E-state index in [2.05, 4.69) is 30.3 Å². The standard InChI is InChI=1S/C16H22ClN3/c1-4-8-15(12-9-6-7-10-13(12)17)18-16-11-20(3)19-14(16)5-2/h6-7,9-11,15,18H,4-5,8H2,1-3H3. The lowest BCUT2D eigenvalue weighted by molar-refractivity contribution is 0.677. The Kier molecular flexibility index (Phi) is 5.07. The molecule has 108 valence electrons. The Morgan fingerprint density at radius 1 is 1.30 bits per heavy atom. The summed E-state index contributed by atoms with van der Waals surface area (Å²) in [6.07, 6.45) is 5.11. The molecule has 0 aliphatic heterocycles. The minimum atomic E-state index is 0.225. The van der Waals surface area contributed by atoms with Gasteiger partial charge in [0, 0.05) is 18.3 Å². The number of hydrogen-bond acceptors (Lipinski definition) is 2. The minimum absolute atomic E-state index is 0.225. The zero-order chi connectivity index (χ0) is 14.5. The largest absolute Gasteiger partial charge is 0.375 e. The summed E-state index contributed by atoms with van der Waals surface area (Å²) in [7, 11) is 1.95. The normalized spacial score (nSPS) is 12.4. The summed E-state index contributed by atoms with van der Waals surface area (Å²) in [5.41, 5.74) is 3.36. The highest BCUT2D eigenvalue weighted by atomic mass is 35.5. The Balaban J connectivity index is 2.28. The number of nitrogens with zero attached hydrogens (tertiary/aromatic N) is 2. The van der Waals surface area contributed by atoms with E-state index in [0.29, 0.717) is 0 Å². The first-order valence-corrected chi connectivity index (χ1v) is 7.57. The molecule has 0 saturated carbocycles. The van der Waals surface area contributed by atoms with Gasteiger partial charge in [0.25, 0.3) is 0 Å². The van der Waals surface area contributed by atoms with Gasteiger partial charge in [-0.1, -0.05) is 50.1 Å². The van der Waals surface area contributed by atoms with Crippen molar-refractivity contribution in [2.24, 2.45) is 7.05 Å². The van der Waals surface area contributed by atoms with E-state index < -0.39 is 0 Å². The van der Waals surface area contributed by atoms with Gasteiger partial charge in [-0.15, -0.1) is 0 Å². The van der Waals surface area contributed by atoms with Crippen LogP contribution in [-0.4, -0.2) is 9.78 Å². The third-order valence-corrected chi connectivity index (χ3v) is 3.77. The number of nitrogens with one attached hydrogen (secondary N) is 1. The van der Waals surface area contributed by atoms with Crippen molar-refractivity contribution in [1.29, 1.82) is 0 Å². The maximum absolute atomic E-state index is 6.34. The molecule has 0 aliphatic carbocycles. The SMILES string of the molecule is CCCC(Nc1cn(C)nc1CC)c1ccccc1Cl. The van der Waals surface area contributed by atoms with Crippen molar-refractivity contribution in [2.75, 3.05) is 5.32 Å². The van der Waals surface area contributed by atoms with E-state index in [1.165, 1.54) is 0 Å². The molecular weight excluding hydrogens is 270 g/mol. The van der Waals surface area contributed by atoms with Crippen molar-refractivity contribution >= 4 is 17.3 Å². The first-order valence-electron chi connectivity index (χ1n) is 7.19. The molecule has 0 fully saturated rings. The van der Waals surface area contributed by atoms with E-state index in [1.807, 2.05) is 36.1 Å². The fraction of sp³-hybridized carbons (Fsp3) is 0.438. The molecule has 1 unspecified atom stereocenters. The summed E-state index contributed by atoms with van der Waals surface area (Å²) >= 11 is 6.34. The summed E-state index contributed by atoms with van der Waals surface area (Å²) in [5.74, 6) is 0. The van der Waals surface area contributed by atoms with Crippen LogP contribution in [0.5, 0.6) is 0 Å². The summed E-state index contributed by atoms with van der Waals surface area (Å²) in [6, 6.07) is 8.28. The Bertz CT molecular complexity index is 563. The third kappa shape index (κ3) is 3.34. The van der Waals surface area contributed by atoms with Gasteiger partial charge in [0.2, 0.25) is 0 Å². The zero-order valence-corrected chi connectivity index (χ0v) is 13.1. The summed E-state index contributed by atoms with van der Waals surface area (Å²) in [6.45, 7) is 4.31. The van der Waals surface area contributed by atoms with Gasteiger partial charge in [-0.05, 0) is 24.5 Å². The van der Waals surface area contributed by atoms with E-state index in [0.717, 1.165) is 41.2 Å². The van der Waals surface area contributed by atoms with Gasteiger partial charge in [0.05, 0.1) is 17.4 Å². The van der Waals surface area contributed by atoms with Crippen LogP contribution in [0, 0.1) is 0 Å². The summed E-state index contributed by atoms with van der Waals surface area (Å²) in [5, 5.41) is 8.91. The van der Waals surface area contributed by atoms with Crippen LogP contribution in [0.15, 0.2) is 30.5 Å². The Labute approximate surface area is 126 Å². The molecule has 1 aromatic heterocycles. The van der Waals surface area contributed by atoms with Gasteiger partial charge in [-0.3, -0.25) is 4.68 Å². The van der Waals surface area contributed by atoms with Crippen molar-refractivity contribution < 1.29 is 0 Å². The monoisotopic (exact) mass is 291 g/mol. The molecule has 0 amide bonds. The molecule has 0 spiro atoms. The maximum atomic E-state index is 6.34. The number of anilines is 1. The van der Waals surface area contributed by atoms with Gasteiger partial charge < -0.3 is 5.32 Å². The molecular formula is C16H22ClN3. The van der Waals surface area contributed by atoms with Gasteiger partial charge in [-0.2, -0.15) is 5.10 Å². The second kappa shape index (κ2) is 6.80. The lowest BCUT2D eigenvalue weighted by atomic mass is 10.0. The molecule has 2 aromatic rings. The van der Waals surface area contributed by atoms with Crippen molar-refractivity contribution in [3.05, 3.63) is 46.7 Å². The summed E-state index contributed by atoms with van der Waals surface area (Å²) < 4.78 is 1.86. The number of aromatic nitrogens is 2. The molecule has 20 heavy (non-hydrogen) atoms. The first-order chi connectivity index (χ1) is 9.65. The van der Waals surface area contributed by atoms with E-state index in [4.69, 9.17) is 11.6 Å². The molecule has 0 radical (unpaired) electrons. The second-order valence-electron chi connectivity index (χ2n) is 5.02. The lowest BCUT2D eigenvalue weighted by Gasteiger charge is -2.20. The van der Waals surface area contributed by atoms with Crippen LogP contribution in [0.3, 0.4) is 0 Å². The van der Waals surface area contributed by atoms with Crippen molar-refractivity contribution in [3.63, 3.8) is 0 Å². The average Bonchev–Trinajstić information content (AvgIpc) is 2.79. The molecule has 2 rings (SSSR count). The summed E-state index contributed by atoms with van der Waals surface area (Å²) in [4.78, 5) is 0. The predicted octanol–water partition coefficient (Wildman–Crippen LogP) is 4.59. The molecule has 0 aliphatic rings. The number of hydrogen-bond donors (Lipinski definition) is 1.